The molecule has 70 valence electrons. The van der Waals surface area contributed by atoms with Gasteiger partial charge in [0.25, 0.3) is 0 Å². The Balaban J connectivity index is 2.75. The van der Waals surface area contributed by atoms with Crippen LogP contribution in [-0.4, -0.2) is 17.6 Å². The summed E-state index contributed by atoms with van der Waals surface area (Å²) in [4.78, 5) is 10.3. The lowest BCUT2D eigenvalue weighted by molar-refractivity contribution is -0.134. The van der Waals surface area contributed by atoms with Crippen LogP contribution in [0.1, 0.15) is 5.56 Å². The van der Waals surface area contributed by atoms with Gasteiger partial charge in [-0.2, -0.15) is 0 Å². The maximum absolute atomic E-state index is 10.3. The minimum absolute atomic E-state index is 0.122. The summed E-state index contributed by atoms with van der Waals surface area (Å²) in [7, 11) is 0. The van der Waals surface area contributed by atoms with Crippen molar-refractivity contribution >= 4 is 23.3 Å². The highest BCUT2D eigenvalue weighted by molar-refractivity contribution is 6.33. The Morgan fingerprint density at radius 3 is 2.92 bits per heavy atom. The van der Waals surface area contributed by atoms with Gasteiger partial charge in [-0.25, -0.2) is 0 Å². The van der Waals surface area contributed by atoms with Crippen molar-refractivity contribution in [1.29, 1.82) is 0 Å². The second-order valence-corrected chi connectivity index (χ2v) is 3.14. The van der Waals surface area contributed by atoms with Gasteiger partial charge in [0.05, 0.1) is 10.7 Å². The number of carboxylic acids is 1. The molecule has 4 heteroatoms. The molecule has 0 bridgehead atoms. The molecule has 1 aromatic rings. The zero-order valence-electron chi connectivity index (χ0n) is 7.17. The minimum atomic E-state index is -0.905. The van der Waals surface area contributed by atoms with Crippen LogP contribution in [0.5, 0.6) is 0 Å². The van der Waals surface area contributed by atoms with Crippen molar-refractivity contribution in [2.24, 2.45) is 0 Å². The fourth-order valence-electron chi connectivity index (χ4n) is 0.945. The topological polar surface area (TPSA) is 49.3 Å². The molecule has 3 nitrogen and oxygen atoms in total. The molecule has 0 aromatic heterocycles. The number of rotatable bonds is 3. The summed E-state index contributed by atoms with van der Waals surface area (Å²) in [6.45, 7) is 1.80. The van der Waals surface area contributed by atoms with Gasteiger partial charge >= 0.3 is 5.97 Å². The van der Waals surface area contributed by atoms with E-state index in [1.807, 2.05) is 19.1 Å². The van der Waals surface area contributed by atoms with E-state index in [9.17, 15) is 4.79 Å². The van der Waals surface area contributed by atoms with Crippen molar-refractivity contribution in [1.82, 2.24) is 0 Å². The zero-order valence-corrected chi connectivity index (χ0v) is 7.93. The number of carboxylic acid groups (broad SMARTS) is 1. The molecule has 0 unspecified atom stereocenters. The molecule has 0 aliphatic rings. The molecule has 0 atom stereocenters. The molecule has 0 radical (unpaired) electrons. The first-order chi connectivity index (χ1) is 6.09. The number of aryl methyl sites for hydroxylation is 1. The smallest absolute Gasteiger partial charge is 0.322 e. The highest BCUT2D eigenvalue weighted by atomic mass is 35.5. The number of nitrogens with one attached hydrogen (secondary N) is 1. The average molecular weight is 200 g/mol. The van der Waals surface area contributed by atoms with E-state index in [4.69, 9.17) is 16.7 Å². The van der Waals surface area contributed by atoms with E-state index >= 15 is 0 Å². The fraction of sp³-hybridized carbons (Fsp3) is 0.222. The van der Waals surface area contributed by atoms with E-state index < -0.39 is 5.97 Å². The Morgan fingerprint density at radius 2 is 2.31 bits per heavy atom. The second kappa shape index (κ2) is 4.14. The molecule has 0 saturated carbocycles. The van der Waals surface area contributed by atoms with E-state index in [-0.39, 0.29) is 6.54 Å². The number of benzene rings is 1. The lowest BCUT2D eigenvalue weighted by atomic mass is 10.2. The van der Waals surface area contributed by atoms with Crippen LogP contribution in [0, 0.1) is 6.92 Å². The number of anilines is 1. The Hall–Kier alpha value is -1.22. The molecule has 13 heavy (non-hydrogen) atoms. The lowest BCUT2D eigenvalue weighted by Crippen LogP contribution is -2.12. The van der Waals surface area contributed by atoms with E-state index in [2.05, 4.69) is 5.32 Å². The third kappa shape index (κ3) is 2.95. The molecule has 0 aliphatic heterocycles. The van der Waals surface area contributed by atoms with Crippen molar-refractivity contribution in [3.8, 4) is 0 Å². The van der Waals surface area contributed by atoms with Crippen molar-refractivity contribution < 1.29 is 9.90 Å². The van der Waals surface area contributed by atoms with Crippen LogP contribution in [0.3, 0.4) is 0 Å². The first-order valence-electron chi connectivity index (χ1n) is 3.81. The number of hydrogen-bond acceptors (Lipinski definition) is 2. The van der Waals surface area contributed by atoms with Crippen LogP contribution in [0.15, 0.2) is 18.2 Å². The normalized spacial score (nSPS) is 9.69. The molecule has 1 rings (SSSR count). The van der Waals surface area contributed by atoms with Crippen LogP contribution in [0.2, 0.25) is 5.02 Å². The number of aliphatic carboxylic acids is 1. The number of carbonyl (C=O) groups is 1. The molecule has 0 spiro atoms. The number of hydrogen-bond donors (Lipinski definition) is 2. The molecule has 0 amide bonds. The van der Waals surface area contributed by atoms with Gasteiger partial charge in [0.1, 0.15) is 6.54 Å². The van der Waals surface area contributed by atoms with Crippen molar-refractivity contribution in [2.45, 2.75) is 6.92 Å². The minimum Gasteiger partial charge on any atom is -0.480 e. The van der Waals surface area contributed by atoms with Crippen LogP contribution in [0.25, 0.3) is 0 Å². The lowest BCUT2D eigenvalue weighted by Gasteiger charge is -2.06. The fourth-order valence-corrected chi connectivity index (χ4v) is 1.13. The van der Waals surface area contributed by atoms with Crippen molar-refractivity contribution in [3.63, 3.8) is 0 Å². The van der Waals surface area contributed by atoms with Gasteiger partial charge < -0.3 is 10.4 Å². The summed E-state index contributed by atoms with van der Waals surface area (Å²) in [6, 6.07) is 5.42. The molecule has 0 fully saturated rings. The highest BCUT2D eigenvalue weighted by Gasteiger charge is 2.01. The summed E-state index contributed by atoms with van der Waals surface area (Å²) in [5, 5.41) is 11.7. The SMILES string of the molecule is Cc1ccc(Cl)c(NCC(=O)O)c1. The molecular formula is C9H10ClNO2. The van der Waals surface area contributed by atoms with Crippen LogP contribution in [-0.2, 0) is 4.79 Å². The van der Waals surface area contributed by atoms with E-state index in [0.717, 1.165) is 5.56 Å². The largest absolute Gasteiger partial charge is 0.480 e. The van der Waals surface area contributed by atoms with E-state index in [0.29, 0.717) is 10.7 Å². The van der Waals surface area contributed by atoms with E-state index in [1.54, 1.807) is 6.07 Å². The first kappa shape index (κ1) is 9.86. The standard InChI is InChI=1S/C9H10ClNO2/c1-6-2-3-7(10)8(4-6)11-5-9(12)13/h2-4,11H,5H2,1H3,(H,12,13). The van der Waals surface area contributed by atoms with Gasteiger partial charge in [-0.05, 0) is 24.6 Å². The van der Waals surface area contributed by atoms with Crippen LogP contribution in [0.4, 0.5) is 5.69 Å². The molecular weight excluding hydrogens is 190 g/mol. The predicted molar refractivity (Wildman–Crippen MR) is 52.3 cm³/mol. The summed E-state index contributed by atoms with van der Waals surface area (Å²) in [5.41, 5.74) is 1.70. The van der Waals surface area contributed by atoms with Crippen LogP contribution >= 0.6 is 11.6 Å². The molecule has 0 heterocycles. The highest BCUT2D eigenvalue weighted by Crippen LogP contribution is 2.22. The summed E-state index contributed by atoms with van der Waals surface area (Å²) in [6.07, 6.45) is 0. The van der Waals surface area contributed by atoms with Gasteiger partial charge in [-0.15, -0.1) is 0 Å². The third-order valence-corrected chi connectivity index (χ3v) is 1.88. The Kier molecular flexibility index (Phi) is 3.14. The Bertz CT molecular complexity index is 325. The summed E-state index contributed by atoms with van der Waals surface area (Å²) < 4.78 is 0. The Labute approximate surface area is 81.3 Å². The van der Waals surface area contributed by atoms with Gasteiger partial charge in [-0.3, -0.25) is 4.79 Å². The van der Waals surface area contributed by atoms with Crippen molar-refractivity contribution in [3.05, 3.63) is 28.8 Å². The average Bonchev–Trinajstić information content (AvgIpc) is 2.06. The third-order valence-electron chi connectivity index (χ3n) is 1.55. The first-order valence-corrected chi connectivity index (χ1v) is 4.19. The molecule has 0 aliphatic carbocycles. The molecule has 0 saturated heterocycles. The van der Waals surface area contributed by atoms with Gasteiger partial charge in [0.15, 0.2) is 0 Å². The van der Waals surface area contributed by atoms with Crippen molar-refractivity contribution in [2.75, 3.05) is 11.9 Å². The monoisotopic (exact) mass is 199 g/mol. The molecule has 1 aromatic carbocycles. The molecule has 2 N–H and O–H groups in total. The quantitative estimate of drug-likeness (QED) is 0.784. The van der Waals surface area contributed by atoms with E-state index in [1.165, 1.54) is 0 Å². The summed E-state index contributed by atoms with van der Waals surface area (Å²) >= 11 is 5.82. The number of halogens is 1. The van der Waals surface area contributed by atoms with Gasteiger partial charge in [0, 0.05) is 0 Å². The maximum Gasteiger partial charge on any atom is 0.322 e. The maximum atomic E-state index is 10.3. The Morgan fingerprint density at radius 1 is 1.62 bits per heavy atom. The van der Waals surface area contributed by atoms with Crippen LogP contribution < -0.4 is 5.32 Å². The predicted octanol–water partition coefficient (Wildman–Crippen LogP) is 2.14. The van der Waals surface area contributed by atoms with Gasteiger partial charge in [-0.1, -0.05) is 17.7 Å². The zero-order chi connectivity index (χ0) is 9.84. The van der Waals surface area contributed by atoms with Gasteiger partial charge in [0.2, 0.25) is 0 Å². The summed E-state index contributed by atoms with van der Waals surface area (Å²) in [5.74, 6) is -0.905. The second-order valence-electron chi connectivity index (χ2n) is 2.73.